The van der Waals surface area contributed by atoms with Gasteiger partial charge in [0, 0.05) is 9.88 Å². The number of carbonyl (C=O) groups is 1. The molecule has 1 amide bonds. The summed E-state index contributed by atoms with van der Waals surface area (Å²) in [5, 5.41) is 3.63. The summed E-state index contributed by atoms with van der Waals surface area (Å²) in [5.41, 5.74) is 0.258. The predicted molar refractivity (Wildman–Crippen MR) is 68.3 cm³/mol. The molecule has 0 aromatic heterocycles. The fraction of sp³-hybridized carbons (Fsp3) is 0.182. The van der Waals surface area contributed by atoms with Crippen molar-refractivity contribution in [2.45, 2.75) is 6.04 Å². The third-order valence-corrected chi connectivity index (χ3v) is 4.47. The second-order valence-corrected chi connectivity index (χ2v) is 6.65. The van der Waals surface area contributed by atoms with E-state index in [1.165, 1.54) is 24.3 Å². The molecule has 1 aromatic rings. The average molecular weight is 334 g/mol. The third-order valence-electron chi connectivity index (χ3n) is 2.42. The molecule has 0 saturated heterocycles. The monoisotopic (exact) mass is 333 g/mol. The Morgan fingerprint density at radius 2 is 2.17 bits per heavy atom. The molecule has 0 aliphatic carbocycles. The summed E-state index contributed by atoms with van der Waals surface area (Å²) in [6.07, 6.45) is 1.42. The number of hydrogen-bond donors (Lipinski definition) is 1. The number of amides is 1. The van der Waals surface area contributed by atoms with Crippen LogP contribution in [0.5, 0.6) is 0 Å². The molecule has 0 saturated carbocycles. The maximum atomic E-state index is 12.9. The fourth-order valence-corrected chi connectivity index (χ4v) is 3.35. The number of carbonyl (C=O) groups excluding carboxylic acids is 1. The van der Waals surface area contributed by atoms with Crippen LogP contribution < -0.4 is 5.32 Å². The average Bonchev–Trinajstić information content (AvgIpc) is 2.57. The van der Waals surface area contributed by atoms with Gasteiger partial charge in [-0.05, 0) is 40.2 Å². The van der Waals surface area contributed by atoms with E-state index in [1.54, 1.807) is 0 Å². The first-order chi connectivity index (χ1) is 8.37. The number of benzene rings is 1. The van der Waals surface area contributed by atoms with E-state index < -0.39 is 27.6 Å². The lowest BCUT2D eigenvalue weighted by Crippen LogP contribution is -2.35. The zero-order chi connectivity index (χ0) is 13.3. The van der Waals surface area contributed by atoms with Crippen LogP contribution in [0.15, 0.2) is 34.2 Å². The molecule has 7 heteroatoms. The highest BCUT2D eigenvalue weighted by Crippen LogP contribution is 2.18. The molecule has 96 valence electrons. The summed E-state index contributed by atoms with van der Waals surface area (Å²) in [5.74, 6) is -1.05. The van der Waals surface area contributed by atoms with Crippen molar-refractivity contribution in [3.05, 3.63) is 45.5 Å². The molecule has 1 aromatic carbocycles. The molecule has 4 nitrogen and oxygen atoms in total. The maximum Gasteiger partial charge on any atom is 0.252 e. The second kappa shape index (κ2) is 4.81. The summed E-state index contributed by atoms with van der Waals surface area (Å²) < 4.78 is 35.5. The number of hydrogen-bond acceptors (Lipinski definition) is 3. The smallest absolute Gasteiger partial charge is 0.252 e. The number of halogens is 2. The molecule has 18 heavy (non-hydrogen) atoms. The highest BCUT2D eigenvalue weighted by Gasteiger charge is 2.24. The highest BCUT2D eigenvalue weighted by atomic mass is 79.9. The van der Waals surface area contributed by atoms with Gasteiger partial charge in [0.25, 0.3) is 5.91 Å². The molecule has 1 unspecified atom stereocenters. The van der Waals surface area contributed by atoms with E-state index in [0.29, 0.717) is 4.47 Å². The second-order valence-electron chi connectivity index (χ2n) is 3.86. The van der Waals surface area contributed by atoms with E-state index in [0.717, 1.165) is 5.41 Å². The van der Waals surface area contributed by atoms with Crippen molar-refractivity contribution in [2.75, 3.05) is 5.75 Å². The van der Waals surface area contributed by atoms with E-state index in [-0.39, 0.29) is 11.3 Å². The SMILES string of the molecule is O=C(NC1C=CS(=O)(=O)C1)c1ccc(F)cc1Br. The number of sulfone groups is 1. The Labute approximate surface area is 112 Å². The molecular formula is C11H9BrFNO3S. The maximum absolute atomic E-state index is 12.9. The van der Waals surface area contributed by atoms with Gasteiger partial charge in [0.2, 0.25) is 0 Å². The van der Waals surface area contributed by atoms with E-state index in [9.17, 15) is 17.6 Å². The van der Waals surface area contributed by atoms with Crippen LogP contribution in [0.2, 0.25) is 0 Å². The predicted octanol–water partition coefficient (Wildman–Crippen LogP) is 1.63. The minimum atomic E-state index is -3.21. The number of rotatable bonds is 2. The zero-order valence-corrected chi connectivity index (χ0v) is 11.5. The Bertz CT molecular complexity index is 627. The molecule has 0 fully saturated rings. The van der Waals surface area contributed by atoms with Gasteiger partial charge in [-0.1, -0.05) is 0 Å². The van der Waals surface area contributed by atoms with Crippen molar-refractivity contribution < 1.29 is 17.6 Å². The van der Waals surface area contributed by atoms with Crippen LogP contribution in [-0.4, -0.2) is 26.1 Å². The Morgan fingerprint density at radius 1 is 1.44 bits per heavy atom. The molecule has 0 spiro atoms. The van der Waals surface area contributed by atoms with Gasteiger partial charge in [-0.3, -0.25) is 4.79 Å². The molecule has 1 aliphatic heterocycles. The molecular weight excluding hydrogens is 325 g/mol. The van der Waals surface area contributed by atoms with Crippen LogP contribution in [0.3, 0.4) is 0 Å². The van der Waals surface area contributed by atoms with Crippen LogP contribution in [0.1, 0.15) is 10.4 Å². The van der Waals surface area contributed by atoms with Gasteiger partial charge in [0.15, 0.2) is 9.84 Å². The van der Waals surface area contributed by atoms with Crippen LogP contribution in [-0.2, 0) is 9.84 Å². The Kier molecular flexibility index (Phi) is 3.54. The first-order valence-corrected chi connectivity index (χ1v) is 7.55. The lowest BCUT2D eigenvalue weighted by atomic mass is 10.2. The van der Waals surface area contributed by atoms with Gasteiger partial charge in [0.1, 0.15) is 5.82 Å². The van der Waals surface area contributed by atoms with Gasteiger partial charge in [-0.2, -0.15) is 0 Å². The largest absolute Gasteiger partial charge is 0.345 e. The van der Waals surface area contributed by atoms with E-state index in [2.05, 4.69) is 21.2 Å². The molecule has 1 aliphatic rings. The summed E-state index contributed by atoms with van der Waals surface area (Å²) >= 11 is 3.08. The van der Waals surface area contributed by atoms with Gasteiger partial charge in [-0.15, -0.1) is 0 Å². The molecule has 1 atom stereocenters. The van der Waals surface area contributed by atoms with Crippen molar-refractivity contribution >= 4 is 31.7 Å². The van der Waals surface area contributed by atoms with Crippen LogP contribution in [0.25, 0.3) is 0 Å². The zero-order valence-electron chi connectivity index (χ0n) is 9.06. The Morgan fingerprint density at radius 3 is 2.72 bits per heavy atom. The topological polar surface area (TPSA) is 63.2 Å². The first-order valence-electron chi connectivity index (χ1n) is 5.04. The normalized spacial score (nSPS) is 20.9. The van der Waals surface area contributed by atoms with Crippen LogP contribution in [0.4, 0.5) is 4.39 Å². The molecule has 0 radical (unpaired) electrons. The third kappa shape index (κ3) is 2.97. The van der Waals surface area contributed by atoms with E-state index >= 15 is 0 Å². The Hall–Kier alpha value is -1.21. The Balaban J connectivity index is 2.12. The lowest BCUT2D eigenvalue weighted by Gasteiger charge is -2.11. The molecule has 1 N–H and O–H groups in total. The van der Waals surface area contributed by atoms with Crippen LogP contribution in [0, 0.1) is 5.82 Å². The minimum absolute atomic E-state index is 0.141. The lowest BCUT2D eigenvalue weighted by molar-refractivity contribution is 0.0947. The van der Waals surface area contributed by atoms with Crippen LogP contribution >= 0.6 is 15.9 Å². The van der Waals surface area contributed by atoms with Gasteiger partial charge in [-0.25, -0.2) is 12.8 Å². The van der Waals surface area contributed by atoms with Gasteiger partial charge >= 0.3 is 0 Å². The summed E-state index contributed by atoms with van der Waals surface area (Å²) in [6, 6.07) is 3.14. The summed E-state index contributed by atoms with van der Waals surface area (Å²) in [4.78, 5) is 11.9. The molecule has 2 rings (SSSR count). The van der Waals surface area contributed by atoms with Gasteiger partial charge in [0.05, 0.1) is 17.4 Å². The highest BCUT2D eigenvalue weighted by molar-refractivity contribution is 9.10. The van der Waals surface area contributed by atoms with Gasteiger partial charge < -0.3 is 5.32 Å². The minimum Gasteiger partial charge on any atom is -0.345 e. The first kappa shape index (κ1) is 13.2. The summed E-state index contributed by atoms with van der Waals surface area (Å²) in [6.45, 7) is 0. The molecule has 1 heterocycles. The molecule has 0 bridgehead atoms. The van der Waals surface area contributed by atoms with E-state index in [1.807, 2.05) is 0 Å². The summed E-state index contributed by atoms with van der Waals surface area (Å²) in [7, 11) is -3.21. The van der Waals surface area contributed by atoms with E-state index in [4.69, 9.17) is 0 Å². The quantitative estimate of drug-likeness (QED) is 0.894. The van der Waals surface area contributed by atoms with Crippen molar-refractivity contribution in [1.29, 1.82) is 0 Å². The fourth-order valence-electron chi connectivity index (χ4n) is 1.59. The van der Waals surface area contributed by atoms with Crippen molar-refractivity contribution in [3.63, 3.8) is 0 Å². The van der Waals surface area contributed by atoms with Crippen molar-refractivity contribution in [3.8, 4) is 0 Å². The number of nitrogens with one attached hydrogen (secondary N) is 1. The van der Waals surface area contributed by atoms with Crippen molar-refractivity contribution in [1.82, 2.24) is 5.32 Å². The van der Waals surface area contributed by atoms with Crippen molar-refractivity contribution in [2.24, 2.45) is 0 Å². The standard InChI is InChI=1S/C11H9BrFNO3S/c12-10-5-7(13)1-2-9(10)11(15)14-8-3-4-18(16,17)6-8/h1-5,8H,6H2,(H,14,15).